The van der Waals surface area contributed by atoms with Gasteiger partial charge in [0.15, 0.2) is 12.2 Å². The molecule has 1 unspecified atom stereocenters. The van der Waals surface area contributed by atoms with Crippen LogP contribution < -0.4 is 5.73 Å². The predicted molar refractivity (Wildman–Crippen MR) is 39.7 cm³/mol. The number of terminal acetylenes is 2. The summed E-state index contributed by atoms with van der Waals surface area (Å²) in [5.74, 6) is 0. The fraction of sp³-hybridized carbons (Fsp3) is 0.429. The van der Waals surface area contributed by atoms with Crippen molar-refractivity contribution >= 4 is 0 Å². The molecule has 12 heavy (non-hydrogen) atoms. The number of hydrogen-bond acceptors (Lipinski definition) is 5. The first-order chi connectivity index (χ1) is 5.85. The summed E-state index contributed by atoms with van der Waals surface area (Å²) in [6, 6.07) is 0. The summed E-state index contributed by atoms with van der Waals surface area (Å²) >= 11 is 0. The molecular weight excluding hydrogens is 162 g/mol. The molecule has 0 aliphatic heterocycles. The molecule has 66 valence electrons. The second kappa shape index (κ2) is 7.70. The maximum Gasteiger partial charge on any atom is 0.153 e. The third kappa shape index (κ3) is 5.39. The second-order valence-corrected chi connectivity index (χ2v) is 1.64. The van der Waals surface area contributed by atoms with E-state index in [0.717, 1.165) is 0 Å². The molecule has 1 atom stereocenters. The van der Waals surface area contributed by atoms with Crippen molar-refractivity contribution in [2.75, 3.05) is 13.2 Å². The quantitative estimate of drug-likeness (QED) is 0.250. The molecule has 5 heteroatoms. The lowest BCUT2D eigenvalue weighted by atomic mass is 10.4. The van der Waals surface area contributed by atoms with Crippen LogP contribution in [0.15, 0.2) is 0 Å². The minimum atomic E-state index is -0.505. The molecule has 0 amide bonds. The van der Waals surface area contributed by atoms with Gasteiger partial charge in [-0.3, -0.25) is 9.78 Å². The summed E-state index contributed by atoms with van der Waals surface area (Å²) in [4.78, 5) is 17.3. The van der Waals surface area contributed by atoms with Crippen molar-refractivity contribution < 1.29 is 19.6 Å². The van der Waals surface area contributed by atoms with Crippen molar-refractivity contribution in [1.82, 2.24) is 0 Å². The van der Waals surface area contributed by atoms with Crippen LogP contribution in [0.3, 0.4) is 0 Å². The van der Waals surface area contributed by atoms with Crippen LogP contribution in [-0.2, 0) is 19.6 Å². The Bertz CT molecular complexity index is 181. The van der Waals surface area contributed by atoms with E-state index in [1.807, 2.05) is 6.11 Å². The van der Waals surface area contributed by atoms with Crippen LogP contribution in [0.25, 0.3) is 0 Å². The lowest BCUT2D eigenvalue weighted by Crippen LogP contribution is -2.28. The van der Waals surface area contributed by atoms with Gasteiger partial charge in [0.2, 0.25) is 0 Å². The van der Waals surface area contributed by atoms with Crippen LogP contribution in [0.4, 0.5) is 0 Å². The molecule has 0 aliphatic carbocycles. The van der Waals surface area contributed by atoms with Crippen LogP contribution in [0, 0.1) is 25.1 Å². The predicted octanol–water partition coefficient (Wildman–Crippen LogP) is -0.609. The molecule has 5 nitrogen and oxygen atoms in total. The molecule has 0 saturated heterocycles. The minimum absolute atomic E-state index is 0.0440. The molecule has 2 N–H and O–H groups in total. The maximum absolute atomic E-state index is 5.23. The third-order valence-corrected chi connectivity index (χ3v) is 0.856. The van der Waals surface area contributed by atoms with Crippen molar-refractivity contribution in [3.63, 3.8) is 0 Å². The van der Waals surface area contributed by atoms with Gasteiger partial charge in [0, 0.05) is 6.54 Å². The van der Waals surface area contributed by atoms with E-state index in [2.05, 4.69) is 19.6 Å². The summed E-state index contributed by atoms with van der Waals surface area (Å²) in [7, 11) is 0. The van der Waals surface area contributed by atoms with Gasteiger partial charge in [0.1, 0.15) is 12.7 Å². The zero-order valence-corrected chi connectivity index (χ0v) is 6.36. The molecule has 0 fully saturated rings. The number of rotatable bonds is 6. The Morgan fingerprint density at radius 1 is 1.25 bits per heavy atom. The molecule has 0 spiro atoms. The summed E-state index contributed by atoms with van der Waals surface area (Å²) in [6.07, 6.45) is 12.6. The monoisotopic (exact) mass is 171 g/mol. The van der Waals surface area contributed by atoms with Crippen LogP contribution in [0.5, 0.6) is 0 Å². The van der Waals surface area contributed by atoms with E-state index >= 15 is 0 Å². The summed E-state index contributed by atoms with van der Waals surface area (Å²) in [5, 5.41) is 0. The van der Waals surface area contributed by atoms with E-state index in [-0.39, 0.29) is 13.2 Å². The largest absolute Gasteiger partial charge is 0.328 e. The first-order valence-corrected chi connectivity index (χ1v) is 3.07. The first-order valence-electron chi connectivity index (χ1n) is 3.07. The molecule has 0 rings (SSSR count). The molecule has 0 bridgehead atoms. The van der Waals surface area contributed by atoms with Crippen LogP contribution in [0.2, 0.25) is 0 Å². The highest BCUT2D eigenvalue weighted by Gasteiger charge is 2.08. The van der Waals surface area contributed by atoms with Gasteiger partial charge in [-0.1, -0.05) is 12.8 Å². The number of hydrogen-bond donors (Lipinski definition) is 1. The van der Waals surface area contributed by atoms with Crippen molar-refractivity contribution in [3.8, 4) is 25.1 Å². The molecule has 0 heterocycles. The van der Waals surface area contributed by atoms with E-state index < -0.39 is 6.10 Å². The summed E-state index contributed by atoms with van der Waals surface area (Å²) in [5.41, 5.74) is 5.23. The third-order valence-electron chi connectivity index (χ3n) is 0.856. The fourth-order valence-electron chi connectivity index (χ4n) is 0.375. The van der Waals surface area contributed by atoms with Crippen molar-refractivity contribution in [2.24, 2.45) is 5.73 Å². The van der Waals surface area contributed by atoms with Crippen LogP contribution >= 0.6 is 0 Å². The molecule has 0 radical (unpaired) electrons. The Hall–Kier alpha value is -1.40. The van der Waals surface area contributed by atoms with Gasteiger partial charge in [0.05, 0.1) is 0 Å². The van der Waals surface area contributed by atoms with Gasteiger partial charge in [-0.2, -0.15) is 9.78 Å². The molecule has 0 aliphatic rings. The minimum Gasteiger partial charge on any atom is -0.328 e. The fourth-order valence-corrected chi connectivity index (χ4v) is 0.375. The van der Waals surface area contributed by atoms with Gasteiger partial charge >= 0.3 is 0 Å². The van der Waals surface area contributed by atoms with Crippen molar-refractivity contribution in [1.29, 1.82) is 0 Å². The number of nitrogens with two attached hydrogens (primary N) is 1. The normalized spacial score (nSPS) is 10.9. The molecule has 0 aromatic carbocycles. The Kier molecular flexibility index (Phi) is 6.81. The summed E-state index contributed by atoms with van der Waals surface area (Å²) < 4.78 is 0. The Labute approximate surface area is 70.6 Å². The molecular formula is C7H9NO4. The highest BCUT2D eigenvalue weighted by molar-refractivity contribution is 4.66. The standard InChI is InChI=1S/C7H9NO4/c1-3-9-11-6-7(5-8)12-10-4-2/h1-2,7H,5-6,8H2. The van der Waals surface area contributed by atoms with E-state index in [9.17, 15) is 0 Å². The SMILES string of the molecule is C#COOCC(CN)OOC#C. The van der Waals surface area contributed by atoms with Gasteiger partial charge in [0.25, 0.3) is 0 Å². The molecule has 0 aromatic rings. The van der Waals surface area contributed by atoms with E-state index in [0.29, 0.717) is 0 Å². The lowest BCUT2D eigenvalue weighted by molar-refractivity contribution is -0.316. The maximum atomic E-state index is 5.23. The van der Waals surface area contributed by atoms with E-state index in [4.69, 9.17) is 18.6 Å². The topological polar surface area (TPSA) is 62.9 Å². The van der Waals surface area contributed by atoms with Crippen molar-refractivity contribution in [3.05, 3.63) is 0 Å². The zero-order valence-electron chi connectivity index (χ0n) is 6.36. The van der Waals surface area contributed by atoms with Gasteiger partial charge in [-0.15, -0.1) is 0 Å². The Morgan fingerprint density at radius 2 is 1.92 bits per heavy atom. The lowest BCUT2D eigenvalue weighted by Gasteiger charge is -2.09. The molecule has 0 aromatic heterocycles. The van der Waals surface area contributed by atoms with E-state index in [1.165, 1.54) is 0 Å². The van der Waals surface area contributed by atoms with Crippen LogP contribution in [0.1, 0.15) is 0 Å². The second-order valence-electron chi connectivity index (χ2n) is 1.64. The Morgan fingerprint density at radius 3 is 2.42 bits per heavy atom. The smallest absolute Gasteiger partial charge is 0.153 e. The highest BCUT2D eigenvalue weighted by atomic mass is 17.2. The van der Waals surface area contributed by atoms with E-state index in [1.54, 1.807) is 6.11 Å². The average Bonchev–Trinajstić information content (AvgIpc) is 2.11. The average molecular weight is 171 g/mol. The van der Waals surface area contributed by atoms with Gasteiger partial charge in [-0.25, -0.2) is 0 Å². The van der Waals surface area contributed by atoms with Crippen LogP contribution in [-0.4, -0.2) is 19.3 Å². The highest BCUT2D eigenvalue weighted by Crippen LogP contribution is 1.91. The van der Waals surface area contributed by atoms with Gasteiger partial charge in [-0.05, 0) is 0 Å². The van der Waals surface area contributed by atoms with Gasteiger partial charge < -0.3 is 5.73 Å². The zero-order chi connectivity index (χ0) is 9.23. The Balaban J connectivity index is 3.42. The first kappa shape index (κ1) is 10.6. The summed E-state index contributed by atoms with van der Waals surface area (Å²) in [6.45, 7) is 0.220. The van der Waals surface area contributed by atoms with Crippen molar-refractivity contribution in [2.45, 2.75) is 6.10 Å². The molecule has 0 saturated carbocycles.